The number of cyclic esters (lactones) is 1. The maximum absolute atomic E-state index is 13.1. The first-order chi connectivity index (χ1) is 13.1. The Morgan fingerprint density at radius 3 is 2.33 bits per heavy atom. The molecule has 1 N–H and O–H groups in total. The molecule has 1 atom stereocenters. The predicted molar refractivity (Wildman–Crippen MR) is 107 cm³/mol. The van der Waals surface area contributed by atoms with Crippen LogP contribution in [0.4, 0.5) is 16.2 Å². The number of para-hydroxylation sites is 2. The molecule has 27 heavy (non-hydrogen) atoms. The molecule has 0 aromatic heterocycles. The summed E-state index contributed by atoms with van der Waals surface area (Å²) < 4.78 is 6.52. The molecule has 3 aromatic rings. The van der Waals surface area contributed by atoms with Crippen molar-refractivity contribution in [3.05, 3.63) is 94.5 Å². The highest BCUT2D eigenvalue weighted by molar-refractivity contribution is 9.10. The van der Waals surface area contributed by atoms with Crippen molar-refractivity contribution in [2.24, 2.45) is 0 Å². The van der Waals surface area contributed by atoms with E-state index in [0.717, 1.165) is 4.47 Å². The van der Waals surface area contributed by atoms with Crippen LogP contribution in [0.15, 0.2) is 83.3 Å². The fourth-order valence-electron chi connectivity index (χ4n) is 2.97. The van der Waals surface area contributed by atoms with E-state index in [-0.39, 0.29) is 6.03 Å². The maximum Gasteiger partial charge on any atom is 0.342 e. The highest BCUT2D eigenvalue weighted by Crippen LogP contribution is 2.37. The Morgan fingerprint density at radius 2 is 1.59 bits per heavy atom. The van der Waals surface area contributed by atoms with E-state index in [1.54, 1.807) is 36.4 Å². The number of nitrogens with one attached hydrogen (secondary N) is 1. The molecule has 0 aliphatic carbocycles. The van der Waals surface area contributed by atoms with E-state index in [4.69, 9.17) is 4.74 Å². The molecule has 6 heteroatoms. The molecular weight excluding hydrogens is 408 g/mol. The van der Waals surface area contributed by atoms with Gasteiger partial charge in [-0.3, -0.25) is 4.90 Å². The summed E-state index contributed by atoms with van der Waals surface area (Å²) in [5.74, 6) is -0.456. The van der Waals surface area contributed by atoms with Crippen LogP contribution in [0.3, 0.4) is 0 Å². The third-order valence-corrected chi connectivity index (χ3v) is 4.76. The summed E-state index contributed by atoms with van der Waals surface area (Å²) in [6.07, 6.45) is -0.857. The number of hydrogen-bond acceptors (Lipinski definition) is 3. The number of rotatable bonds is 2. The summed E-state index contributed by atoms with van der Waals surface area (Å²) in [4.78, 5) is 27.0. The number of carbonyl (C=O) groups excluding carboxylic acids is 2. The van der Waals surface area contributed by atoms with Crippen LogP contribution in [-0.4, -0.2) is 12.0 Å². The molecule has 134 valence electrons. The van der Waals surface area contributed by atoms with E-state index in [1.165, 1.54) is 4.90 Å². The van der Waals surface area contributed by atoms with Crippen LogP contribution >= 0.6 is 15.9 Å². The van der Waals surface area contributed by atoms with Crippen LogP contribution in [0.25, 0.3) is 0 Å². The summed E-state index contributed by atoms with van der Waals surface area (Å²) >= 11 is 3.39. The number of anilines is 2. The lowest BCUT2D eigenvalue weighted by molar-refractivity contribution is 0.0274. The Kier molecular flexibility index (Phi) is 4.64. The quantitative estimate of drug-likeness (QED) is 0.565. The molecular formula is C21H15BrN2O3. The molecule has 0 fully saturated rings. The second-order valence-corrected chi connectivity index (χ2v) is 6.91. The Balaban J connectivity index is 1.76. The van der Waals surface area contributed by atoms with Gasteiger partial charge in [-0.15, -0.1) is 0 Å². The van der Waals surface area contributed by atoms with Gasteiger partial charge in [0.05, 0.1) is 11.3 Å². The van der Waals surface area contributed by atoms with Crippen LogP contribution in [0.1, 0.15) is 22.1 Å². The lowest BCUT2D eigenvalue weighted by Gasteiger charge is -2.36. The van der Waals surface area contributed by atoms with Crippen LogP contribution in [0, 0.1) is 0 Å². The number of nitrogens with zero attached hydrogens (tertiary/aromatic N) is 1. The maximum atomic E-state index is 13.1. The van der Waals surface area contributed by atoms with Crippen molar-refractivity contribution in [2.75, 3.05) is 10.2 Å². The minimum atomic E-state index is -0.857. The molecule has 2 amide bonds. The average Bonchev–Trinajstić information content (AvgIpc) is 2.69. The number of halogens is 1. The van der Waals surface area contributed by atoms with Gasteiger partial charge in [-0.05, 0) is 36.4 Å². The standard InChI is InChI=1S/C21H15BrN2O3/c22-15-12-10-14(11-13-15)19-24(21(26)23-16-6-2-1-3-7-16)18-9-5-4-8-17(18)20(25)27-19/h1-13,19H,(H,23,26). The van der Waals surface area contributed by atoms with Crippen LogP contribution in [0.5, 0.6) is 0 Å². The summed E-state index contributed by atoms with van der Waals surface area (Å²) in [6, 6.07) is 23.0. The molecule has 1 unspecified atom stereocenters. The first kappa shape index (κ1) is 17.3. The van der Waals surface area contributed by atoms with E-state index in [9.17, 15) is 9.59 Å². The second-order valence-electron chi connectivity index (χ2n) is 5.99. The number of urea groups is 1. The Labute approximate surface area is 164 Å². The third-order valence-electron chi connectivity index (χ3n) is 4.24. The second kappa shape index (κ2) is 7.25. The molecule has 0 saturated heterocycles. The normalized spacial score (nSPS) is 15.7. The highest BCUT2D eigenvalue weighted by Gasteiger charge is 2.37. The lowest BCUT2D eigenvalue weighted by atomic mass is 10.1. The zero-order valence-corrected chi connectivity index (χ0v) is 15.7. The van der Waals surface area contributed by atoms with Crippen molar-refractivity contribution in [3.8, 4) is 0 Å². The predicted octanol–water partition coefficient (Wildman–Crippen LogP) is 5.36. The fraction of sp³-hybridized carbons (Fsp3) is 0.0476. The SMILES string of the molecule is O=C1OC(c2ccc(Br)cc2)N(C(=O)Nc2ccccc2)c2ccccc21. The minimum Gasteiger partial charge on any atom is -0.433 e. The first-order valence-corrected chi connectivity index (χ1v) is 9.13. The molecule has 0 bridgehead atoms. The van der Waals surface area contributed by atoms with E-state index >= 15 is 0 Å². The van der Waals surface area contributed by atoms with Gasteiger partial charge in [-0.1, -0.05) is 58.4 Å². The van der Waals surface area contributed by atoms with Gasteiger partial charge < -0.3 is 10.1 Å². The van der Waals surface area contributed by atoms with Crippen LogP contribution in [-0.2, 0) is 4.74 Å². The molecule has 0 saturated carbocycles. The topological polar surface area (TPSA) is 58.6 Å². The summed E-state index contributed by atoms with van der Waals surface area (Å²) in [7, 11) is 0. The Hall–Kier alpha value is -3.12. The molecule has 1 aliphatic heterocycles. The minimum absolute atomic E-state index is 0.356. The smallest absolute Gasteiger partial charge is 0.342 e. The van der Waals surface area contributed by atoms with E-state index < -0.39 is 12.2 Å². The summed E-state index contributed by atoms with van der Waals surface area (Å²) in [5, 5.41) is 2.86. The van der Waals surface area contributed by atoms with Gasteiger partial charge >= 0.3 is 12.0 Å². The monoisotopic (exact) mass is 422 g/mol. The van der Waals surface area contributed by atoms with Crippen molar-refractivity contribution in [3.63, 3.8) is 0 Å². The van der Waals surface area contributed by atoms with E-state index in [1.807, 2.05) is 42.5 Å². The number of esters is 1. The number of ether oxygens (including phenoxy) is 1. The number of benzene rings is 3. The van der Waals surface area contributed by atoms with Gasteiger partial charge in [0, 0.05) is 15.7 Å². The zero-order valence-electron chi connectivity index (χ0n) is 14.1. The zero-order chi connectivity index (χ0) is 18.8. The Morgan fingerprint density at radius 1 is 0.926 bits per heavy atom. The largest absolute Gasteiger partial charge is 0.433 e. The molecule has 1 heterocycles. The molecule has 4 rings (SSSR count). The van der Waals surface area contributed by atoms with Crippen LogP contribution < -0.4 is 10.2 Å². The van der Waals surface area contributed by atoms with Crippen molar-refractivity contribution < 1.29 is 14.3 Å². The first-order valence-electron chi connectivity index (χ1n) is 8.34. The Bertz CT molecular complexity index is 990. The van der Waals surface area contributed by atoms with Crippen molar-refractivity contribution >= 4 is 39.3 Å². The van der Waals surface area contributed by atoms with Gasteiger partial charge in [-0.2, -0.15) is 0 Å². The molecule has 0 spiro atoms. The summed E-state index contributed by atoms with van der Waals surface area (Å²) in [5.41, 5.74) is 2.22. The number of hydrogen-bond donors (Lipinski definition) is 1. The average molecular weight is 423 g/mol. The van der Waals surface area contributed by atoms with Gasteiger partial charge in [0.2, 0.25) is 6.23 Å². The number of amides is 2. The van der Waals surface area contributed by atoms with Gasteiger partial charge in [0.15, 0.2) is 0 Å². The number of fused-ring (bicyclic) bond motifs is 1. The third kappa shape index (κ3) is 3.44. The molecule has 5 nitrogen and oxygen atoms in total. The van der Waals surface area contributed by atoms with E-state index in [0.29, 0.717) is 22.5 Å². The van der Waals surface area contributed by atoms with Gasteiger partial charge in [-0.25, -0.2) is 9.59 Å². The highest BCUT2D eigenvalue weighted by atomic mass is 79.9. The number of carbonyl (C=O) groups is 2. The molecule has 1 aliphatic rings. The fourth-order valence-corrected chi connectivity index (χ4v) is 3.23. The molecule has 3 aromatic carbocycles. The summed E-state index contributed by atoms with van der Waals surface area (Å²) in [6.45, 7) is 0. The van der Waals surface area contributed by atoms with Gasteiger partial charge in [0.1, 0.15) is 0 Å². The van der Waals surface area contributed by atoms with Crippen molar-refractivity contribution in [2.45, 2.75) is 6.23 Å². The van der Waals surface area contributed by atoms with Gasteiger partial charge in [0.25, 0.3) is 0 Å². The van der Waals surface area contributed by atoms with Crippen LogP contribution in [0.2, 0.25) is 0 Å². The van der Waals surface area contributed by atoms with Crippen molar-refractivity contribution in [1.82, 2.24) is 0 Å². The van der Waals surface area contributed by atoms with Crippen molar-refractivity contribution in [1.29, 1.82) is 0 Å². The molecule has 0 radical (unpaired) electrons. The van der Waals surface area contributed by atoms with E-state index in [2.05, 4.69) is 21.2 Å². The lowest BCUT2D eigenvalue weighted by Crippen LogP contribution is -2.44.